The van der Waals surface area contributed by atoms with Gasteiger partial charge in [-0.05, 0) is 23.3 Å². The lowest BCUT2D eigenvalue weighted by Gasteiger charge is -2.09. The number of benzene rings is 1. The van der Waals surface area contributed by atoms with E-state index in [0.29, 0.717) is 29.0 Å². The Hall–Kier alpha value is -1.98. The average Bonchev–Trinajstić information content (AvgIpc) is 2.52. The molecule has 5 nitrogen and oxygen atoms in total. The number of hydrogen-bond acceptors (Lipinski definition) is 3. The van der Waals surface area contributed by atoms with Gasteiger partial charge >= 0.3 is 6.03 Å². The van der Waals surface area contributed by atoms with Crippen LogP contribution in [0.3, 0.4) is 0 Å². The SMILES string of the molecule is COc1ccc(CNC(=O)NCc2ccc(Cl)cc2Cl)cn1. The van der Waals surface area contributed by atoms with Gasteiger partial charge < -0.3 is 15.4 Å². The van der Waals surface area contributed by atoms with E-state index in [1.54, 1.807) is 37.6 Å². The molecule has 1 aromatic carbocycles. The van der Waals surface area contributed by atoms with Crippen molar-refractivity contribution in [2.45, 2.75) is 13.1 Å². The van der Waals surface area contributed by atoms with Gasteiger partial charge in [-0.1, -0.05) is 35.3 Å². The van der Waals surface area contributed by atoms with Crippen molar-refractivity contribution in [3.8, 4) is 5.88 Å². The largest absolute Gasteiger partial charge is 0.481 e. The highest BCUT2D eigenvalue weighted by molar-refractivity contribution is 6.35. The molecule has 1 aromatic heterocycles. The Balaban J connectivity index is 1.80. The molecule has 2 N–H and O–H groups in total. The predicted molar refractivity (Wildman–Crippen MR) is 86.3 cm³/mol. The molecular formula is C15H15Cl2N3O2. The molecule has 0 aliphatic rings. The lowest BCUT2D eigenvalue weighted by Crippen LogP contribution is -2.34. The summed E-state index contributed by atoms with van der Waals surface area (Å²) in [5.74, 6) is 0.533. The number of halogens is 2. The number of amides is 2. The van der Waals surface area contributed by atoms with E-state index >= 15 is 0 Å². The third-order valence-electron chi connectivity index (χ3n) is 2.91. The summed E-state index contributed by atoms with van der Waals surface area (Å²) < 4.78 is 4.97. The van der Waals surface area contributed by atoms with Crippen LogP contribution in [0.1, 0.15) is 11.1 Å². The van der Waals surface area contributed by atoms with E-state index in [2.05, 4.69) is 15.6 Å². The second-order valence-corrected chi connectivity index (χ2v) is 5.32. The van der Waals surface area contributed by atoms with Gasteiger partial charge in [-0.2, -0.15) is 0 Å². The first-order valence-corrected chi connectivity index (χ1v) is 7.28. The van der Waals surface area contributed by atoms with E-state index in [1.165, 1.54) is 0 Å². The highest BCUT2D eigenvalue weighted by atomic mass is 35.5. The summed E-state index contributed by atoms with van der Waals surface area (Å²) in [7, 11) is 1.55. The number of nitrogens with one attached hydrogen (secondary N) is 2. The highest BCUT2D eigenvalue weighted by Crippen LogP contribution is 2.20. The third kappa shape index (κ3) is 4.79. The molecule has 116 valence electrons. The molecular weight excluding hydrogens is 325 g/mol. The van der Waals surface area contributed by atoms with E-state index in [4.69, 9.17) is 27.9 Å². The Kier molecular flexibility index (Phi) is 5.86. The van der Waals surface area contributed by atoms with Crippen molar-refractivity contribution in [2.75, 3.05) is 7.11 Å². The number of pyridine rings is 1. The second kappa shape index (κ2) is 7.87. The smallest absolute Gasteiger partial charge is 0.315 e. The molecule has 0 aliphatic carbocycles. The predicted octanol–water partition coefficient (Wildman–Crippen LogP) is 3.40. The number of carbonyl (C=O) groups is 1. The molecule has 0 unspecified atom stereocenters. The van der Waals surface area contributed by atoms with Crippen LogP contribution in [0.5, 0.6) is 5.88 Å². The topological polar surface area (TPSA) is 63.2 Å². The van der Waals surface area contributed by atoms with Crippen LogP contribution in [-0.4, -0.2) is 18.1 Å². The number of carbonyl (C=O) groups excluding carboxylic acids is 1. The van der Waals surface area contributed by atoms with Crippen LogP contribution in [0.2, 0.25) is 10.0 Å². The molecule has 22 heavy (non-hydrogen) atoms. The Bertz CT molecular complexity index is 648. The number of nitrogens with zero attached hydrogens (tertiary/aromatic N) is 1. The maximum absolute atomic E-state index is 11.8. The second-order valence-electron chi connectivity index (χ2n) is 4.48. The van der Waals surface area contributed by atoms with Crippen LogP contribution >= 0.6 is 23.2 Å². The Morgan fingerprint density at radius 2 is 1.95 bits per heavy atom. The van der Waals surface area contributed by atoms with Crippen molar-refractivity contribution in [1.82, 2.24) is 15.6 Å². The maximum atomic E-state index is 11.8. The minimum absolute atomic E-state index is 0.290. The molecule has 2 rings (SSSR count). The summed E-state index contributed by atoms with van der Waals surface area (Å²) in [5.41, 5.74) is 1.67. The van der Waals surface area contributed by atoms with Crippen molar-refractivity contribution in [3.63, 3.8) is 0 Å². The van der Waals surface area contributed by atoms with Gasteiger partial charge in [-0.25, -0.2) is 9.78 Å². The summed E-state index contributed by atoms with van der Waals surface area (Å²) in [4.78, 5) is 15.8. The molecule has 0 atom stereocenters. The number of hydrogen-bond donors (Lipinski definition) is 2. The van der Waals surface area contributed by atoms with Gasteiger partial charge in [0.2, 0.25) is 5.88 Å². The van der Waals surface area contributed by atoms with Crippen LogP contribution in [0.4, 0.5) is 4.79 Å². The first kappa shape index (κ1) is 16.4. The van der Waals surface area contributed by atoms with E-state index in [-0.39, 0.29) is 6.03 Å². The van der Waals surface area contributed by atoms with Crippen LogP contribution < -0.4 is 15.4 Å². The fourth-order valence-corrected chi connectivity index (χ4v) is 2.20. The fraction of sp³-hybridized carbons (Fsp3) is 0.200. The first-order valence-electron chi connectivity index (χ1n) is 6.53. The van der Waals surface area contributed by atoms with Crippen molar-refractivity contribution < 1.29 is 9.53 Å². The summed E-state index contributed by atoms with van der Waals surface area (Å²) in [6.07, 6.45) is 1.65. The number of methoxy groups -OCH3 is 1. The average molecular weight is 340 g/mol. The zero-order valence-electron chi connectivity index (χ0n) is 11.9. The lowest BCUT2D eigenvalue weighted by molar-refractivity contribution is 0.240. The minimum Gasteiger partial charge on any atom is -0.481 e. The highest BCUT2D eigenvalue weighted by Gasteiger charge is 2.05. The van der Waals surface area contributed by atoms with Crippen LogP contribution in [0, 0.1) is 0 Å². The van der Waals surface area contributed by atoms with Gasteiger partial charge in [-0.15, -0.1) is 0 Å². The van der Waals surface area contributed by atoms with E-state index < -0.39 is 0 Å². The van der Waals surface area contributed by atoms with Gasteiger partial charge in [-0.3, -0.25) is 0 Å². The van der Waals surface area contributed by atoms with Crippen LogP contribution in [-0.2, 0) is 13.1 Å². The molecule has 0 saturated heterocycles. The van der Waals surface area contributed by atoms with Crippen LogP contribution in [0.25, 0.3) is 0 Å². The summed E-state index contributed by atoms with van der Waals surface area (Å²) in [6, 6.07) is 8.43. The summed E-state index contributed by atoms with van der Waals surface area (Å²) >= 11 is 11.9. The molecule has 0 bridgehead atoms. The Morgan fingerprint density at radius 3 is 2.59 bits per heavy atom. The zero-order chi connectivity index (χ0) is 15.9. The number of ether oxygens (including phenoxy) is 1. The van der Waals surface area contributed by atoms with Crippen molar-refractivity contribution in [3.05, 3.63) is 57.7 Å². The Morgan fingerprint density at radius 1 is 1.18 bits per heavy atom. The molecule has 2 amide bonds. The molecule has 0 radical (unpaired) electrons. The molecule has 1 heterocycles. The number of urea groups is 1. The lowest BCUT2D eigenvalue weighted by atomic mass is 10.2. The normalized spacial score (nSPS) is 10.1. The van der Waals surface area contributed by atoms with Crippen LogP contribution in [0.15, 0.2) is 36.5 Å². The van der Waals surface area contributed by atoms with E-state index in [1.807, 2.05) is 6.07 Å². The molecule has 7 heteroatoms. The quantitative estimate of drug-likeness (QED) is 0.877. The monoisotopic (exact) mass is 339 g/mol. The van der Waals surface area contributed by atoms with Gasteiger partial charge in [0.25, 0.3) is 0 Å². The van der Waals surface area contributed by atoms with Crippen molar-refractivity contribution >= 4 is 29.2 Å². The van der Waals surface area contributed by atoms with Gasteiger partial charge in [0.05, 0.1) is 7.11 Å². The van der Waals surface area contributed by atoms with Gasteiger partial charge in [0.15, 0.2) is 0 Å². The summed E-state index contributed by atoms with van der Waals surface area (Å²) in [6.45, 7) is 0.694. The Labute approximate surface area is 138 Å². The molecule has 0 fully saturated rings. The third-order valence-corrected chi connectivity index (χ3v) is 3.50. The van der Waals surface area contributed by atoms with Gasteiger partial charge in [0, 0.05) is 35.4 Å². The van der Waals surface area contributed by atoms with E-state index in [0.717, 1.165) is 11.1 Å². The first-order chi connectivity index (χ1) is 10.6. The zero-order valence-corrected chi connectivity index (χ0v) is 13.4. The van der Waals surface area contributed by atoms with E-state index in [9.17, 15) is 4.79 Å². The number of aromatic nitrogens is 1. The van der Waals surface area contributed by atoms with Gasteiger partial charge in [0.1, 0.15) is 0 Å². The maximum Gasteiger partial charge on any atom is 0.315 e. The molecule has 0 saturated carbocycles. The standard InChI is InChI=1S/C15H15Cl2N3O2/c1-22-14-5-2-10(7-18-14)8-19-15(21)20-9-11-3-4-12(16)6-13(11)17/h2-7H,8-9H2,1H3,(H2,19,20,21). The van der Waals surface area contributed by atoms with Crippen molar-refractivity contribution in [2.24, 2.45) is 0 Å². The molecule has 0 aliphatic heterocycles. The van der Waals surface area contributed by atoms with Crippen molar-refractivity contribution in [1.29, 1.82) is 0 Å². The minimum atomic E-state index is -0.290. The molecule has 0 spiro atoms. The fourth-order valence-electron chi connectivity index (χ4n) is 1.72. The molecule has 2 aromatic rings. The summed E-state index contributed by atoms with van der Waals surface area (Å²) in [5, 5.41) is 6.55. The number of rotatable bonds is 5.